The van der Waals surface area contributed by atoms with Gasteiger partial charge in [0.15, 0.2) is 0 Å². The monoisotopic (exact) mass is 325 g/mol. The summed E-state index contributed by atoms with van der Waals surface area (Å²) in [6.45, 7) is 12.6. The van der Waals surface area contributed by atoms with Crippen LogP contribution in [0.5, 0.6) is 0 Å². The van der Waals surface area contributed by atoms with Crippen molar-refractivity contribution in [2.24, 2.45) is 0 Å². The van der Waals surface area contributed by atoms with Crippen molar-refractivity contribution < 1.29 is 8.42 Å². The summed E-state index contributed by atoms with van der Waals surface area (Å²) in [5, 5.41) is -0.391. The molecule has 4 heteroatoms. The minimum atomic E-state index is -3.20. The summed E-state index contributed by atoms with van der Waals surface area (Å²) in [6, 6.07) is 8.61. The molecule has 0 amide bonds. The van der Waals surface area contributed by atoms with Crippen LogP contribution in [0.2, 0.25) is 0 Å². The zero-order chi connectivity index (χ0) is 17.0. The third-order valence-corrected chi connectivity index (χ3v) is 5.85. The molecule has 22 heavy (non-hydrogen) atoms. The van der Waals surface area contributed by atoms with Gasteiger partial charge in [-0.05, 0) is 42.7 Å². The first-order valence-corrected chi connectivity index (χ1v) is 9.71. The topological polar surface area (TPSA) is 46.2 Å². The van der Waals surface area contributed by atoms with Crippen molar-refractivity contribution in [2.45, 2.75) is 71.0 Å². The summed E-state index contributed by atoms with van der Waals surface area (Å²) in [5.74, 6) is 0.229. The lowest BCUT2D eigenvalue weighted by molar-refractivity contribution is 0.548. The predicted octanol–water partition coefficient (Wildman–Crippen LogP) is 4.20. The standard InChI is InChI=1S/C18H31NO2S/c1-7-8-16(13-19-22(20,21)14(2)3)15-9-11-17(12-10-15)18(4,5)6/h9-12,14,16,19H,7-8,13H2,1-6H3. The van der Waals surface area contributed by atoms with Crippen molar-refractivity contribution in [3.05, 3.63) is 35.4 Å². The quantitative estimate of drug-likeness (QED) is 0.817. The van der Waals surface area contributed by atoms with E-state index in [1.165, 1.54) is 11.1 Å². The summed E-state index contributed by atoms with van der Waals surface area (Å²) in [7, 11) is -3.20. The Labute approximate surface area is 136 Å². The first-order chi connectivity index (χ1) is 10.1. The van der Waals surface area contributed by atoms with Crippen LogP contribution in [0.15, 0.2) is 24.3 Å². The first kappa shape index (κ1) is 19.2. The van der Waals surface area contributed by atoms with Gasteiger partial charge in [-0.1, -0.05) is 58.4 Å². The second-order valence-corrected chi connectivity index (χ2v) is 9.62. The van der Waals surface area contributed by atoms with Gasteiger partial charge in [-0.25, -0.2) is 13.1 Å². The predicted molar refractivity (Wildman–Crippen MR) is 94.8 cm³/mol. The van der Waals surface area contributed by atoms with Crippen molar-refractivity contribution in [3.63, 3.8) is 0 Å². The van der Waals surface area contributed by atoms with E-state index < -0.39 is 15.3 Å². The van der Waals surface area contributed by atoms with Crippen LogP contribution in [0.1, 0.15) is 71.4 Å². The van der Waals surface area contributed by atoms with Gasteiger partial charge in [-0.3, -0.25) is 0 Å². The van der Waals surface area contributed by atoms with Gasteiger partial charge in [0.1, 0.15) is 0 Å². The Balaban J connectivity index is 2.87. The van der Waals surface area contributed by atoms with Gasteiger partial charge in [0.05, 0.1) is 5.25 Å². The molecule has 126 valence electrons. The molecule has 0 aliphatic rings. The van der Waals surface area contributed by atoms with Crippen molar-refractivity contribution in [1.29, 1.82) is 0 Å². The minimum Gasteiger partial charge on any atom is -0.214 e. The lowest BCUT2D eigenvalue weighted by Gasteiger charge is -2.22. The molecule has 1 aromatic carbocycles. The number of hydrogen-bond acceptors (Lipinski definition) is 2. The third kappa shape index (κ3) is 5.40. The number of benzene rings is 1. The highest BCUT2D eigenvalue weighted by Crippen LogP contribution is 2.26. The number of sulfonamides is 1. The molecule has 1 unspecified atom stereocenters. The average molecular weight is 326 g/mol. The summed E-state index contributed by atoms with van der Waals surface area (Å²) < 4.78 is 26.6. The Morgan fingerprint density at radius 1 is 1.09 bits per heavy atom. The molecule has 0 aliphatic carbocycles. The molecule has 0 fully saturated rings. The molecule has 0 bridgehead atoms. The molecule has 1 aromatic rings. The van der Waals surface area contributed by atoms with Crippen molar-refractivity contribution in [3.8, 4) is 0 Å². The molecular formula is C18H31NO2S. The van der Waals surface area contributed by atoms with E-state index in [0.717, 1.165) is 12.8 Å². The van der Waals surface area contributed by atoms with E-state index in [4.69, 9.17) is 0 Å². The summed E-state index contributed by atoms with van der Waals surface area (Å²) in [4.78, 5) is 0. The second-order valence-electron chi connectivity index (χ2n) is 7.30. The van der Waals surface area contributed by atoms with Gasteiger partial charge in [0, 0.05) is 6.54 Å². The molecule has 3 nitrogen and oxygen atoms in total. The van der Waals surface area contributed by atoms with Gasteiger partial charge >= 0.3 is 0 Å². The van der Waals surface area contributed by atoms with E-state index in [-0.39, 0.29) is 11.3 Å². The minimum absolute atomic E-state index is 0.137. The Morgan fingerprint density at radius 3 is 2.05 bits per heavy atom. The molecular weight excluding hydrogens is 294 g/mol. The number of hydrogen-bond donors (Lipinski definition) is 1. The van der Waals surface area contributed by atoms with E-state index in [9.17, 15) is 8.42 Å². The van der Waals surface area contributed by atoms with Crippen LogP contribution < -0.4 is 4.72 Å². The maximum Gasteiger partial charge on any atom is 0.213 e. The Bertz CT molecular complexity index is 554. The van der Waals surface area contributed by atoms with E-state index in [1.807, 2.05) is 0 Å². The van der Waals surface area contributed by atoms with E-state index in [0.29, 0.717) is 6.54 Å². The summed E-state index contributed by atoms with van der Waals surface area (Å²) >= 11 is 0. The van der Waals surface area contributed by atoms with Crippen molar-refractivity contribution in [1.82, 2.24) is 4.72 Å². The highest BCUT2D eigenvalue weighted by molar-refractivity contribution is 7.90. The number of rotatable bonds is 7. The maximum absolute atomic E-state index is 11.9. The molecule has 1 N–H and O–H groups in total. The average Bonchev–Trinajstić information content (AvgIpc) is 2.42. The van der Waals surface area contributed by atoms with Gasteiger partial charge in [-0.15, -0.1) is 0 Å². The van der Waals surface area contributed by atoms with Crippen LogP contribution in [0.25, 0.3) is 0 Å². The molecule has 0 radical (unpaired) electrons. The van der Waals surface area contributed by atoms with Gasteiger partial charge in [0.2, 0.25) is 10.0 Å². The third-order valence-electron chi connectivity index (χ3n) is 4.04. The largest absolute Gasteiger partial charge is 0.214 e. The lowest BCUT2D eigenvalue weighted by Crippen LogP contribution is -2.34. The van der Waals surface area contributed by atoms with Crippen molar-refractivity contribution in [2.75, 3.05) is 6.54 Å². The molecule has 1 atom stereocenters. The van der Waals surface area contributed by atoms with Gasteiger partial charge in [-0.2, -0.15) is 0 Å². The van der Waals surface area contributed by atoms with Crippen LogP contribution >= 0.6 is 0 Å². The van der Waals surface area contributed by atoms with Gasteiger partial charge in [0.25, 0.3) is 0 Å². The zero-order valence-electron chi connectivity index (χ0n) is 14.8. The van der Waals surface area contributed by atoms with Crippen LogP contribution in [-0.2, 0) is 15.4 Å². The fourth-order valence-corrected chi connectivity index (χ4v) is 3.14. The maximum atomic E-state index is 11.9. The molecule has 0 heterocycles. The smallest absolute Gasteiger partial charge is 0.213 e. The highest BCUT2D eigenvalue weighted by Gasteiger charge is 2.19. The fraction of sp³-hybridized carbons (Fsp3) is 0.667. The molecule has 0 saturated carbocycles. The Kier molecular flexibility index (Phi) is 6.63. The summed E-state index contributed by atoms with van der Waals surface area (Å²) in [6.07, 6.45) is 2.02. The van der Waals surface area contributed by atoms with Crippen LogP contribution in [-0.4, -0.2) is 20.2 Å². The zero-order valence-corrected chi connectivity index (χ0v) is 15.6. The van der Waals surface area contributed by atoms with E-state index in [1.54, 1.807) is 13.8 Å². The van der Waals surface area contributed by atoms with Crippen LogP contribution in [0, 0.1) is 0 Å². The Hall–Kier alpha value is -0.870. The normalized spacial score (nSPS) is 14.3. The second kappa shape index (κ2) is 7.60. The van der Waals surface area contributed by atoms with E-state index >= 15 is 0 Å². The molecule has 0 saturated heterocycles. The molecule has 0 spiro atoms. The fourth-order valence-electron chi connectivity index (χ4n) is 2.37. The first-order valence-electron chi connectivity index (χ1n) is 8.17. The molecule has 0 aliphatic heterocycles. The summed E-state index contributed by atoms with van der Waals surface area (Å²) in [5.41, 5.74) is 2.65. The Morgan fingerprint density at radius 2 is 1.64 bits per heavy atom. The SMILES string of the molecule is CCCC(CNS(=O)(=O)C(C)C)c1ccc(C(C)(C)C)cc1. The lowest BCUT2D eigenvalue weighted by atomic mass is 9.85. The van der Waals surface area contributed by atoms with Gasteiger partial charge < -0.3 is 0 Å². The van der Waals surface area contributed by atoms with E-state index in [2.05, 4.69) is 56.7 Å². The van der Waals surface area contributed by atoms with Crippen molar-refractivity contribution >= 4 is 10.0 Å². The molecule has 1 rings (SSSR count). The molecule has 0 aromatic heterocycles. The van der Waals surface area contributed by atoms with Crippen LogP contribution in [0.4, 0.5) is 0 Å². The number of nitrogens with one attached hydrogen (secondary N) is 1. The highest BCUT2D eigenvalue weighted by atomic mass is 32.2. The van der Waals surface area contributed by atoms with Crippen LogP contribution in [0.3, 0.4) is 0 Å².